The van der Waals surface area contributed by atoms with Crippen LogP contribution in [0.25, 0.3) is 0 Å². The molecule has 0 bridgehead atoms. The van der Waals surface area contributed by atoms with Crippen molar-refractivity contribution in [1.82, 2.24) is 0 Å². The molecule has 4 heteroatoms. The van der Waals surface area contributed by atoms with Crippen molar-refractivity contribution in [3.05, 3.63) is 28.8 Å². The zero-order chi connectivity index (χ0) is 14.3. The zero-order valence-corrected chi connectivity index (χ0v) is 12.6. The number of benzene rings is 1. The van der Waals surface area contributed by atoms with E-state index in [0.29, 0.717) is 16.6 Å². The van der Waals surface area contributed by atoms with Gasteiger partial charge < -0.3 is 10.1 Å². The highest BCUT2D eigenvalue weighted by Gasteiger charge is 2.15. The fourth-order valence-corrected chi connectivity index (χ4v) is 2.30. The first-order chi connectivity index (χ1) is 9.12. The number of halogens is 1. The second kappa shape index (κ2) is 8.05. The maximum absolute atomic E-state index is 11.8. The summed E-state index contributed by atoms with van der Waals surface area (Å²) in [5, 5.41) is 3.97. The van der Waals surface area contributed by atoms with Crippen LogP contribution in [-0.2, 0) is 4.74 Å². The minimum absolute atomic E-state index is 0.364. The summed E-state index contributed by atoms with van der Waals surface area (Å²) in [6.07, 6.45) is 4.38. The average Bonchev–Trinajstić information content (AvgIpc) is 2.40. The van der Waals surface area contributed by atoms with Crippen LogP contribution in [0.1, 0.15) is 49.9 Å². The third kappa shape index (κ3) is 4.75. The fraction of sp³-hybridized carbons (Fsp3) is 0.533. The number of nitrogens with one attached hydrogen (secondary N) is 1. The number of anilines is 1. The van der Waals surface area contributed by atoms with Crippen LogP contribution in [0.15, 0.2) is 18.2 Å². The SMILES string of the molecule is CCCC(CCC)Nc1ccc(Cl)cc1C(=O)OC. The molecule has 0 saturated carbocycles. The van der Waals surface area contributed by atoms with Crippen LogP contribution in [-0.4, -0.2) is 19.1 Å². The van der Waals surface area contributed by atoms with Crippen molar-refractivity contribution in [1.29, 1.82) is 0 Å². The Kier molecular flexibility index (Phi) is 6.71. The summed E-state index contributed by atoms with van der Waals surface area (Å²) in [6.45, 7) is 4.32. The minimum Gasteiger partial charge on any atom is -0.465 e. The van der Waals surface area contributed by atoms with E-state index in [1.54, 1.807) is 12.1 Å². The average molecular weight is 284 g/mol. The molecule has 0 aromatic heterocycles. The Morgan fingerprint density at radius 3 is 2.47 bits per heavy atom. The Labute approximate surface area is 120 Å². The van der Waals surface area contributed by atoms with E-state index in [0.717, 1.165) is 31.4 Å². The largest absolute Gasteiger partial charge is 0.465 e. The standard InChI is InChI=1S/C15H22ClNO2/c1-4-6-12(7-5-2)17-14-9-8-11(16)10-13(14)15(18)19-3/h8-10,12,17H,4-7H2,1-3H3. The highest BCUT2D eigenvalue weighted by atomic mass is 35.5. The van der Waals surface area contributed by atoms with Crippen molar-refractivity contribution in [2.45, 2.75) is 45.6 Å². The number of hydrogen-bond acceptors (Lipinski definition) is 3. The third-order valence-corrected chi connectivity index (χ3v) is 3.26. The lowest BCUT2D eigenvalue weighted by Crippen LogP contribution is -2.21. The Morgan fingerprint density at radius 1 is 1.32 bits per heavy atom. The molecule has 0 radical (unpaired) electrons. The van der Waals surface area contributed by atoms with Gasteiger partial charge in [0.05, 0.1) is 12.7 Å². The maximum Gasteiger partial charge on any atom is 0.340 e. The van der Waals surface area contributed by atoms with Crippen LogP contribution in [0, 0.1) is 0 Å². The molecule has 0 aliphatic rings. The van der Waals surface area contributed by atoms with Gasteiger partial charge in [0.2, 0.25) is 0 Å². The Balaban J connectivity index is 2.94. The molecule has 3 nitrogen and oxygen atoms in total. The summed E-state index contributed by atoms with van der Waals surface area (Å²) in [7, 11) is 1.38. The maximum atomic E-state index is 11.8. The van der Waals surface area contributed by atoms with Gasteiger partial charge in [-0.15, -0.1) is 0 Å². The highest BCUT2D eigenvalue weighted by molar-refractivity contribution is 6.31. The summed E-state index contributed by atoms with van der Waals surface area (Å²) in [5.74, 6) is -0.364. The summed E-state index contributed by atoms with van der Waals surface area (Å²) in [4.78, 5) is 11.8. The van der Waals surface area contributed by atoms with Crippen molar-refractivity contribution in [2.24, 2.45) is 0 Å². The first kappa shape index (κ1) is 15.8. The molecule has 0 spiro atoms. The first-order valence-electron chi connectivity index (χ1n) is 6.76. The number of ether oxygens (including phenoxy) is 1. The highest BCUT2D eigenvalue weighted by Crippen LogP contribution is 2.23. The number of rotatable bonds is 7. The van der Waals surface area contributed by atoms with Crippen LogP contribution in [0.4, 0.5) is 5.69 Å². The van der Waals surface area contributed by atoms with Gasteiger partial charge in [-0.25, -0.2) is 4.79 Å². The van der Waals surface area contributed by atoms with E-state index in [1.807, 2.05) is 6.07 Å². The van der Waals surface area contributed by atoms with Crippen molar-refractivity contribution in [2.75, 3.05) is 12.4 Å². The first-order valence-corrected chi connectivity index (χ1v) is 7.14. The van der Waals surface area contributed by atoms with Crippen molar-refractivity contribution in [3.63, 3.8) is 0 Å². The van der Waals surface area contributed by atoms with Crippen molar-refractivity contribution in [3.8, 4) is 0 Å². The van der Waals surface area contributed by atoms with Gasteiger partial charge in [-0.05, 0) is 31.0 Å². The topological polar surface area (TPSA) is 38.3 Å². The molecule has 0 atom stereocenters. The Morgan fingerprint density at radius 2 is 1.95 bits per heavy atom. The van der Waals surface area contributed by atoms with Crippen LogP contribution >= 0.6 is 11.6 Å². The second-order valence-corrected chi connectivity index (χ2v) is 5.04. The molecule has 0 amide bonds. The third-order valence-electron chi connectivity index (χ3n) is 3.02. The molecule has 19 heavy (non-hydrogen) atoms. The molecule has 0 heterocycles. The molecule has 106 valence electrons. The van der Waals surface area contributed by atoms with Crippen LogP contribution in [0.2, 0.25) is 5.02 Å². The van der Waals surface area contributed by atoms with Gasteiger partial charge in [-0.3, -0.25) is 0 Å². The van der Waals surface area contributed by atoms with E-state index in [2.05, 4.69) is 19.2 Å². The van der Waals surface area contributed by atoms with Crippen molar-refractivity contribution < 1.29 is 9.53 Å². The predicted octanol–water partition coefficient (Wildman–Crippen LogP) is 4.51. The fourth-order valence-electron chi connectivity index (χ4n) is 2.13. The van der Waals surface area contributed by atoms with Gasteiger partial charge in [0, 0.05) is 16.8 Å². The quantitative estimate of drug-likeness (QED) is 0.748. The molecule has 0 aliphatic heterocycles. The number of carbonyl (C=O) groups is 1. The lowest BCUT2D eigenvalue weighted by Gasteiger charge is -2.20. The summed E-state index contributed by atoms with van der Waals surface area (Å²) >= 11 is 5.94. The second-order valence-electron chi connectivity index (χ2n) is 4.60. The molecule has 1 N–H and O–H groups in total. The molecular formula is C15H22ClNO2. The van der Waals surface area contributed by atoms with Crippen molar-refractivity contribution >= 4 is 23.3 Å². The number of methoxy groups -OCH3 is 1. The van der Waals surface area contributed by atoms with Crippen LogP contribution < -0.4 is 5.32 Å². The molecule has 0 aliphatic carbocycles. The van der Waals surface area contributed by atoms with Gasteiger partial charge in [-0.1, -0.05) is 38.3 Å². The zero-order valence-electron chi connectivity index (χ0n) is 11.8. The molecule has 0 unspecified atom stereocenters. The minimum atomic E-state index is -0.364. The van der Waals surface area contributed by atoms with E-state index >= 15 is 0 Å². The molecular weight excluding hydrogens is 262 g/mol. The number of esters is 1. The van der Waals surface area contributed by atoms with Gasteiger partial charge >= 0.3 is 5.97 Å². The normalized spacial score (nSPS) is 10.6. The van der Waals surface area contributed by atoms with Gasteiger partial charge in [0.1, 0.15) is 0 Å². The van der Waals surface area contributed by atoms with E-state index in [1.165, 1.54) is 7.11 Å². The summed E-state index contributed by atoms with van der Waals surface area (Å²) in [5.41, 5.74) is 1.29. The van der Waals surface area contributed by atoms with Gasteiger partial charge in [-0.2, -0.15) is 0 Å². The summed E-state index contributed by atoms with van der Waals surface area (Å²) < 4.78 is 4.80. The smallest absolute Gasteiger partial charge is 0.340 e. The summed E-state index contributed by atoms with van der Waals surface area (Å²) in [6, 6.07) is 5.64. The van der Waals surface area contributed by atoms with Crippen LogP contribution in [0.3, 0.4) is 0 Å². The number of hydrogen-bond donors (Lipinski definition) is 1. The van der Waals surface area contributed by atoms with E-state index in [-0.39, 0.29) is 5.97 Å². The Bertz CT molecular complexity index is 415. The van der Waals surface area contributed by atoms with E-state index in [9.17, 15) is 4.79 Å². The van der Waals surface area contributed by atoms with Gasteiger partial charge in [0.15, 0.2) is 0 Å². The van der Waals surface area contributed by atoms with Gasteiger partial charge in [0.25, 0.3) is 0 Å². The predicted molar refractivity (Wildman–Crippen MR) is 80.0 cm³/mol. The molecule has 1 aromatic carbocycles. The van der Waals surface area contributed by atoms with E-state index in [4.69, 9.17) is 16.3 Å². The van der Waals surface area contributed by atoms with E-state index < -0.39 is 0 Å². The monoisotopic (exact) mass is 283 g/mol. The molecule has 0 fully saturated rings. The molecule has 1 aromatic rings. The number of carbonyl (C=O) groups excluding carboxylic acids is 1. The Hall–Kier alpha value is -1.22. The molecule has 1 rings (SSSR count). The van der Waals surface area contributed by atoms with Crippen LogP contribution in [0.5, 0.6) is 0 Å². The lowest BCUT2D eigenvalue weighted by atomic mass is 10.1. The lowest BCUT2D eigenvalue weighted by molar-refractivity contribution is 0.0602. The molecule has 0 saturated heterocycles.